The molecule has 1 aliphatic rings. The van der Waals surface area contributed by atoms with Crippen LogP contribution in [0.15, 0.2) is 109 Å². The highest BCUT2D eigenvalue weighted by molar-refractivity contribution is 6.62. The molecule has 0 unspecified atom stereocenters. The van der Waals surface area contributed by atoms with Gasteiger partial charge in [0.25, 0.3) is 0 Å². The zero-order chi connectivity index (χ0) is 27.9. The molecule has 6 heteroatoms. The Bertz CT molecular complexity index is 2090. The fourth-order valence-corrected chi connectivity index (χ4v) is 6.25. The minimum absolute atomic E-state index is 0.401. The Morgan fingerprint density at radius 2 is 1.22 bits per heavy atom. The van der Waals surface area contributed by atoms with Crippen molar-refractivity contribution in [2.45, 2.75) is 38.9 Å². The van der Waals surface area contributed by atoms with Crippen LogP contribution in [0.4, 0.5) is 0 Å². The van der Waals surface area contributed by atoms with Crippen LogP contribution in [0.25, 0.3) is 55.1 Å². The highest BCUT2D eigenvalue weighted by Gasteiger charge is 2.51. The Morgan fingerprint density at radius 1 is 0.585 bits per heavy atom. The molecule has 8 rings (SSSR count). The van der Waals surface area contributed by atoms with E-state index in [1.165, 1.54) is 32.6 Å². The zero-order valence-corrected chi connectivity index (χ0v) is 23.6. The van der Waals surface area contributed by atoms with Crippen molar-refractivity contribution in [1.29, 1.82) is 0 Å². The minimum Gasteiger partial charge on any atom is -0.399 e. The van der Waals surface area contributed by atoms with Gasteiger partial charge in [0.05, 0.1) is 33.3 Å². The summed E-state index contributed by atoms with van der Waals surface area (Å²) < 4.78 is 17.3. The summed E-state index contributed by atoms with van der Waals surface area (Å²) in [6, 6.07) is 36.5. The first-order valence-electron chi connectivity index (χ1n) is 14.2. The van der Waals surface area contributed by atoms with Crippen LogP contribution in [0.1, 0.15) is 27.7 Å². The van der Waals surface area contributed by atoms with Crippen molar-refractivity contribution < 1.29 is 9.31 Å². The van der Waals surface area contributed by atoms with E-state index in [0.29, 0.717) is 0 Å². The lowest BCUT2D eigenvalue weighted by Gasteiger charge is -2.32. The maximum Gasteiger partial charge on any atom is 0.496 e. The van der Waals surface area contributed by atoms with Crippen LogP contribution in [0, 0.1) is 0 Å². The third kappa shape index (κ3) is 3.47. The van der Waals surface area contributed by atoms with E-state index in [-0.39, 0.29) is 0 Å². The summed E-state index contributed by atoms with van der Waals surface area (Å²) in [5.41, 5.74) is 5.89. The van der Waals surface area contributed by atoms with Crippen LogP contribution in [0.3, 0.4) is 0 Å². The highest BCUT2D eigenvalue weighted by atomic mass is 16.7. The second-order valence-electron chi connectivity index (χ2n) is 11.9. The van der Waals surface area contributed by atoms with Gasteiger partial charge in [-0.25, -0.2) is 4.98 Å². The number of rotatable bonds is 3. The first-order valence-corrected chi connectivity index (χ1v) is 14.2. The van der Waals surface area contributed by atoms with Crippen molar-refractivity contribution in [3.63, 3.8) is 0 Å². The first kappa shape index (κ1) is 24.4. The van der Waals surface area contributed by atoms with Gasteiger partial charge >= 0.3 is 7.12 Å². The summed E-state index contributed by atoms with van der Waals surface area (Å²) >= 11 is 0. The number of nitrogens with zero attached hydrogens (tertiary/aromatic N) is 3. The van der Waals surface area contributed by atoms with Crippen molar-refractivity contribution in [3.05, 3.63) is 109 Å². The molecule has 0 radical (unpaired) electrons. The number of aromatic nitrogens is 3. The standard InChI is InChI=1S/C35H30BN3O2/c1-34(2)35(3,4)41-36(40-34)23-18-21-31(37-22-23)39-28-16-10-8-14-25(28)26-19-20-30-32(33(26)39)27-15-9-11-17-29(27)38(30)24-12-6-5-7-13-24/h5-22H,1-4H3. The number of hydrogen-bond donors (Lipinski definition) is 0. The van der Waals surface area contributed by atoms with Crippen molar-refractivity contribution >= 4 is 56.2 Å². The van der Waals surface area contributed by atoms with Gasteiger partial charge < -0.3 is 13.9 Å². The maximum atomic E-state index is 6.30. The van der Waals surface area contributed by atoms with Crippen molar-refractivity contribution in [2.24, 2.45) is 0 Å². The monoisotopic (exact) mass is 535 g/mol. The van der Waals surface area contributed by atoms with Crippen LogP contribution < -0.4 is 5.46 Å². The van der Waals surface area contributed by atoms with E-state index >= 15 is 0 Å². The lowest BCUT2D eigenvalue weighted by atomic mass is 9.80. The molecule has 0 saturated carbocycles. The van der Waals surface area contributed by atoms with Crippen LogP contribution in [-0.4, -0.2) is 32.4 Å². The molecule has 200 valence electrons. The number of pyridine rings is 1. The van der Waals surface area contributed by atoms with Gasteiger partial charge in [-0.3, -0.25) is 4.57 Å². The molecule has 5 nitrogen and oxygen atoms in total. The van der Waals surface area contributed by atoms with Crippen molar-refractivity contribution in [1.82, 2.24) is 14.1 Å². The Morgan fingerprint density at radius 3 is 1.90 bits per heavy atom. The topological polar surface area (TPSA) is 41.2 Å². The number of hydrogen-bond acceptors (Lipinski definition) is 3. The molecule has 1 saturated heterocycles. The van der Waals surface area contributed by atoms with Gasteiger partial charge in [-0.05, 0) is 64.1 Å². The first-order chi connectivity index (χ1) is 19.8. The maximum absolute atomic E-state index is 6.30. The number of benzene rings is 4. The molecular weight excluding hydrogens is 505 g/mol. The number of para-hydroxylation sites is 3. The van der Waals surface area contributed by atoms with E-state index in [1.807, 2.05) is 6.20 Å². The summed E-state index contributed by atoms with van der Waals surface area (Å²) in [6.45, 7) is 8.29. The van der Waals surface area contributed by atoms with Crippen LogP contribution in [0.5, 0.6) is 0 Å². The van der Waals surface area contributed by atoms with Crippen molar-refractivity contribution in [2.75, 3.05) is 0 Å². The van der Waals surface area contributed by atoms with E-state index in [0.717, 1.165) is 28.0 Å². The average Bonchev–Trinajstić information content (AvgIpc) is 3.57. The Kier molecular flexibility index (Phi) is 5.10. The summed E-state index contributed by atoms with van der Waals surface area (Å²) in [6.07, 6.45) is 1.89. The van der Waals surface area contributed by atoms with E-state index in [9.17, 15) is 0 Å². The summed E-state index contributed by atoms with van der Waals surface area (Å²) in [5.74, 6) is 0.862. The molecule has 0 amide bonds. The molecule has 3 aromatic heterocycles. The van der Waals surface area contributed by atoms with Crippen LogP contribution >= 0.6 is 0 Å². The molecule has 7 aromatic rings. The molecular formula is C35H30BN3O2. The predicted molar refractivity (Wildman–Crippen MR) is 169 cm³/mol. The lowest BCUT2D eigenvalue weighted by Crippen LogP contribution is -2.41. The Hall–Kier alpha value is -4.39. The minimum atomic E-state index is -0.449. The summed E-state index contributed by atoms with van der Waals surface area (Å²) in [4.78, 5) is 5.01. The van der Waals surface area contributed by atoms with Crippen LogP contribution in [0.2, 0.25) is 0 Å². The van der Waals surface area contributed by atoms with Gasteiger partial charge in [0.15, 0.2) is 0 Å². The molecule has 0 N–H and O–H groups in total. The molecule has 4 heterocycles. The molecule has 1 aliphatic heterocycles. The Labute approximate surface area is 239 Å². The van der Waals surface area contributed by atoms with Gasteiger partial charge in [-0.2, -0.15) is 0 Å². The molecule has 41 heavy (non-hydrogen) atoms. The van der Waals surface area contributed by atoms with Gasteiger partial charge in [-0.15, -0.1) is 0 Å². The Balaban J connectivity index is 1.40. The molecule has 1 fully saturated rings. The SMILES string of the molecule is CC1(C)OB(c2ccc(-n3c4ccccc4c4ccc5c(c6ccccc6n5-c5ccccc5)c43)nc2)OC1(C)C. The molecule has 0 atom stereocenters. The smallest absolute Gasteiger partial charge is 0.399 e. The summed E-state index contributed by atoms with van der Waals surface area (Å²) in [5, 5.41) is 4.85. The van der Waals surface area contributed by atoms with E-state index < -0.39 is 18.3 Å². The third-order valence-corrected chi connectivity index (χ3v) is 9.01. The quantitative estimate of drug-likeness (QED) is 0.219. The van der Waals surface area contributed by atoms with Gasteiger partial charge in [-0.1, -0.05) is 66.7 Å². The molecule has 0 bridgehead atoms. The summed E-state index contributed by atoms with van der Waals surface area (Å²) in [7, 11) is -0.449. The average molecular weight is 535 g/mol. The van der Waals surface area contributed by atoms with Gasteiger partial charge in [0.1, 0.15) is 5.82 Å². The second-order valence-corrected chi connectivity index (χ2v) is 11.9. The lowest BCUT2D eigenvalue weighted by molar-refractivity contribution is 0.00578. The normalized spacial score (nSPS) is 16.4. The van der Waals surface area contributed by atoms with E-state index in [2.05, 4.69) is 140 Å². The second kappa shape index (κ2) is 8.56. The van der Waals surface area contributed by atoms with Crippen LogP contribution in [-0.2, 0) is 9.31 Å². The van der Waals surface area contributed by atoms with E-state index in [1.54, 1.807) is 0 Å². The number of fused-ring (bicyclic) bond motifs is 7. The fraction of sp³-hybridized carbons (Fsp3) is 0.171. The van der Waals surface area contributed by atoms with Gasteiger partial charge in [0, 0.05) is 38.9 Å². The predicted octanol–water partition coefficient (Wildman–Crippen LogP) is 7.58. The fourth-order valence-electron chi connectivity index (χ4n) is 6.25. The molecule has 4 aromatic carbocycles. The molecule has 0 spiro atoms. The van der Waals surface area contributed by atoms with Crippen molar-refractivity contribution in [3.8, 4) is 11.5 Å². The molecule has 0 aliphatic carbocycles. The highest BCUT2D eigenvalue weighted by Crippen LogP contribution is 2.41. The van der Waals surface area contributed by atoms with E-state index in [4.69, 9.17) is 14.3 Å². The largest absolute Gasteiger partial charge is 0.496 e. The third-order valence-electron chi connectivity index (χ3n) is 9.01. The zero-order valence-electron chi connectivity index (χ0n) is 23.6. The van der Waals surface area contributed by atoms with Gasteiger partial charge in [0.2, 0.25) is 0 Å².